The molecule has 2 N–H and O–H groups in total. The highest BCUT2D eigenvalue weighted by molar-refractivity contribution is 5.85. The van der Waals surface area contributed by atoms with Crippen LogP contribution in [0.25, 0.3) is 0 Å². The van der Waals surface area contributed by atoms with E-state index in [-0.39, 0.29) is 42.9 Å². The second kappa shape index (κ2) is 11.6. The largest absolute Gasteiger partial charge is 0.497 e. The number of hydrogen-bond acceptors (Lipinski definition) is 5. The van der Waals surface area contributed by atoms with Crippen LogP contribution in [0.4, 0.5) is 0 Å². The third-order valence-corrected chi connectivity index (χ3v) is 4.77. The summed E-state index contributed by atoms with van der Waals surface area (Å²) in [6.07, 6.45) is 2.06. The number of methoxy groups -OCH3 is 1. The van der Waals surface area contributed by atoms with E-state index >= 15 is 0 Å². The zero-order valence-electron chi connectivity index (χ0n) is 15.1. The monoisotopic (exact) mass is 405 g/mol. The highest BCUT2D eigenvalue weighted by atomic mass is 35.5. The number of carbonyl (C=O) groups is 1. The smallest absolute Gasteiger partial charge is 0.250 e. The van der Waals surface area contributed by atoms with E-state index in [0.29, 0.717) is 19.7 Å². The molecule has 1 aromatic carbocycles. The van der Waals surface area contributed by atoms with Crippen molar-refractivity contribution in [2.45, 2.75) is 25.0 Å². The lowest BCUT2D eigenvalue weighted by Gasteiger charge is -2.29. The predicted octanol–water partition coefficient (Wildman–Crippen LogP) is 1.78. The maximum atomic E-state index is 12.3. The molecule has 0 spiro atoms. The van der Waals surface area contributed by atoms with Gasteiger partial charge in [0.25, 0.3) is 5.91 Å². The predicted molar refractivity (Wildman–Crippen MR) is 107 cm³/mol. The maximum absolute atomic E-state index is 12.3. The van der Waals surface area contributed by atoms with E-state index in [0.717, 1.165) is 25.4 Å². The molecule has 6 nitrogen and oxygen atoms in total. The van der Waals surface area contributed by atoms with Crippen LogP contribution >= 0.6 is 24.8 Å². The number of ether oxygens (including phenoxy) is 2. The van der Waals surface area contributed by atoms with E-state index in [4.69, 9.17) is 9.47 Å². The molecule has 2 heterocycles. The Morgan fingerprint density at radius 2 is 2.00 bits per heavy atom. The van der Waals surface area contributed by atoms with Crippen LogP contribution in [-0.4, -0.2) is 63.4 Å². The zero-order chi connectivity index (χ0) is 16.8. The molecule has 2 aliphatic heterocycles. The summed E-state index contributed by atoms with van der Waals surface area (Å²) in [6.45, 7) is 4.74. The molecule has 0 bridgehead atoms. The quantitative estimate of drug-likeness (QED) is 0.754. The number of amides is 1. The molecule has 2 unspecified atom stereocenters. The van der Waals surface area contributed by atoms with Gasteiger partial charge in [0.15, 0.2) is 0 Å². The summed E-state index contributed by atoms with van der Waals surface area (Å²) in [5.74, 6) is 0.824. The number of carbonyl (C=O) groups excluding carboxylic acids is 1. The second-order valence-electron chi connectivity index (χ2n) is 6.34. The fourth-order valence-corrected chi connectivity index (χ4v) is 3.38. The molecule has 26 heavy (non-hydrogen) atoms. The Morgan fingerprint density at radius 1 is 1.31 bits per heavy atom. The van der Waals surface area contributed by atoms with Crippen molar-refractivity contribution < 1.29 is 14.3 Å². The van der Waals surface area contributed by atoms with Crippen LogP contribution in [0.3, 0.4) is 0 Å². The first-order chi connectivity index (χ1) is 11.8. The third-order valence-electron chi connectivity index (χ3n) is 4.77. The topological polar surface area (TPSA) is 62.8 Å². The average molecular weight is 406 g/mol. The minimum absolute atomic E-state index is 0. The minimum Gasteiger partial charge on any atom is -0.497 e. The summed E-state index contributed by atoms with van der Waals surface area (Å²) in [6, 6.07) is 8.33. The lowest BCUT2D eigenvalue weighted by Crippen LogP contribution is -2.49. The molecule has 2 fully saturated rings. The van der Waals surface area contributed by atoms with Crippen LogP contribution in [0.15, 0.2) is 24.3 Å². The molecule has 1 aromatic rings. The molecule has 0 radical (unpaired) electrons. The molecule has 8 heteroatoms. The molecule has 2 atom stereocenters. The summed E-state index contributed by atoms with van der Waals surface area (Å²) in [5.41, 5.74) is 1.21. The Kier molecular flexibility index (Phi) is 10.3. The summed E-state index contributed by atoms with van der Waals surface area (Å²) in [7, 11) is 1.67. The van der Waals surface area contributed by atoms with Crippen LogP contribution in [0.1, 0.15) is 24.4 Å². The molecular weight excluding hydrogens is 377 g/mol. The van der Waals surface area contributed by atoms with E-state index in [2.05, 4.69) is 27.7 Å². The Hall–Kier alpha value is -1.05. The molecule has 1 amide bonds. The Morgan fingerprint density at radius 3 is 2.58 bits per heavy atom. The van der Waals surface area contributed by atoms with Crippen molar-refractivity contribution in [1.82, 2.24) is 15.5 Å². The molecule has 148 valence electrons. The summed E-state index contributed by atoms with van der Waals surface area (Å²) < 4.78 is 10.8. The first kappa shape index (κ1) is 23.0. The molecule has 0 aromatic heterocycles. The van der Waals surface area contributed by atoms with Gasteiger partial charge in [-0.3, -0.25) is 9.69 Å². The van der Waals surface area contributed by atoms with Gasteiger partial charge >= 0.3 is 0 Å². The number of nitrogens with one attached hydrogen (secondary N) is 2. The molecule has 0 saturated carbocycles. The standard InChI is InChI=1S/C18H27N3O3.2ClH/c1-23-15-6-4-14(5-7-15)16(21-9-2-3-10-21)12-20-18(22)17-13-19-8-11-24-17;;/h4-7,16-17,19H,2-3,8-13H2,1H3,(H,20,22);2*1H. The fourth-order valence-electron chi connectivity index (χ4n) is 3.38. The number of halogens is 2. The van der Waals surface area contributed by atoms with Crippen LogP contribution < -0.4 is 15.4 Å². The highest BCUT2D eigenvalue weighted by Crippen LogP contribution is 2.26. The third kappa shape index (κ3) is 5.99. The molecular formula is C18H29Cl2N3O3. The molecule has 2 aliphatic rings. The van der Waals surface area contributed by atoms with E-state index in [1.165, 1.54) is 18.4 Å². The van der Waals surface area contributed by atoms with E-state index < -0.39 is 0 Å². The van der Waals surface area contributed by atoms with Crippen LogP contribution in [0.5, 0.6) is 5.75 Å². The van der Waals surface area contributed by atoms with Crippen LogP contribution in [-0.2, 0) is 9.53 Å². The fraction of sp³-hybridized carbons (Fsp3) is 0.611. The zero-order valence-corrected chi connectivity index (χ0v) is 16.7. The van der Waals surface area contributed by atoms with E-state index in [1.54, 1.807) is 7.11 Å². The van der Waals surface area contributed by atoms with Gasteiger partial charge in [-0.2, -0.15) is 0 Å². The Balaban J connectivity index is 0.00000169. The molecule has 2 saturated heterocycles. The SMILES string of the molecule is COc1ccc(C(CNC(=O)C2CNCCO2)N2CCCC2)cc1.Cl.Cl. The van der Waals surface area contributed by atoms with E-state index in [9.17, 15) is 4.79 Å². The second-order valence-corrected chi connectivity index (χ2v) is 6.34. The Labute approximate surface area is 167 Å². The maximum Gasteiger partial charge on any atom is 0.250 e. The van der Waals surface area contributed by atoms with Gasteiger partial charge in [0.1, 0.15) is 11.9 Å². The van der Waals surface area contributed by atoms with Gasteiger partial charge < -0.3 is 20.1 Å². The van der Waals surface area contributed by atoms with Gasteiger partial charge in [0.2, 0.25) is 0 Å². The van der Waals surface area contributed by atoms with Gasteiger partial charge in [0, 0.05) is 19.6 Å². The van der Waals surface area contributed by atoms with Crippen molar-refractivity contribution in [3.05, 3.63) is 29.8 Å². The van der Waals surface area contributed by atoms with Crippen molar-refractivity contribution in [2.75, 3.05) is 46.4 Å². The van der Waals surface area contributed by atoms with Crippen LogP contribution in [0.2, 0.25) is 0 Å². The Bertz CT molecular complexity index is 533. The van der Waals surface area contributed by atoms with Gasteiger partial charge in [-0.05, 0) is 43.6 Å². The number of rotatable bonds is 6. The lowest BCUT2D eigenvalue weighted by molar-refractivity contribution is -0.134. The molecule has 0 aliphatic carbocycles. The van der Waals surface area contributed by atoms with E-state index in [1.807, 2.05) is 12.1 Å². The normalized spacial score (nSPS) is 21.2. The number of benzene rings is 1. The highest BCUT2D eigenvalue weighted by Gasteiger charge is 2.26. The van der Waals surface area contributed by atoms with Gasteiger partial charge in [-0.15, -0.1) is 24.8 Å². The van der Waals surface area contributed by atoms with Crippen molar-refractivity contribution in [1.29, 1.82) is 0 Å². The first-order valence-electron chi connectivity index (χ1n) is 8.76. The van der Waals surface area contributed by atoms with Gasteiger partial charge in [-0.1, -0.05) is 12.1 Å². The number of nitrogens with zero attached hydrogens (tertiary/aromatic N) is 1. The van der Waals surface area contributed by atoms with Gasteiger partial charge in [0.05, 0.1) is 19.8 Å². The van der Waals surface area contributed by atoms with Crippen molar-refractivity contribution >= 4 is 30.7 Å². The molecule has 3 rings (SSSR count). The number of hydrogen-bond donors (Lipinski definition) is 2. The van der Waals surface area contributed by atoms with Crippen molar-refractivity contribution in [3.8, 4) is 5.75 Å². The lowest BCUT2D eigenvalue weighted by atomic mass is 10.0. The average Bonchev–Trinajstić information content (AvgIpc) is 3.17. The minimum atomic E-state index is -0.381. The summed E-state index contributed by atoms with van der Waals surface area (Å²) in [5, 5.41) is 6.27. The number of morpholine rings is 1. The van der Waals surface area contributed by atoms with Crippen LogP contribution in [0, 0.1) is 0 Å². The first-order valence-corrected chi connectivity index (χ1v) is 8.76. The number of likely N-dealkylation sites (tertiary alicyclic amines) is 1. The summed E-state index contributed by atoms with van der Waals surface area (Å²) in [4.78, 5) is 14.8. The summed E-state index contributed by atoms with van der Waals surface area (Å²) >= 11 is 0. The van der Waals surface area contributed by atoms with Gasteiger partial charge in [-0.25, -0.2) is 0 Å². The van der Waals surface area contributed by atoms with Crippen molar-refractivity contribution in [2.24, 2.45) is 0 Å². The van der Waals surface area contributed by atoms with Crippen molar-refractivity contribution in [3.63, 3.8) is 0 Å².